The lowest BCUT2D eigenvalue weighted by atomic mass is 9.90. The summed E-state index contributed by atoms with van der Waals surface area (Å²) in [4.78, 5) is 13.7. The number of hydrogen-bond donors (Lipinski definition) is 2. The van der Waals surface area contributed by atoms with Crippen molar-refractivity contribution in [2.24, 2.45) is 11.7 Å². The van der Waals surface area contributed by atoms with Crippen molar-refractivity contribution in [1.29, 1.82) is 0 Å². The average molecular weight is 424 g/mol. The fourth-order valence-electron chi connectivity index (χ4n) is 3.18. The predicted molar refractivity (Wildman–Crippen MR) is 108 cm³/mol. The van der Waals surface area contributed by atoms with Crippen LogP contribution in [0, 0.1) is 12.8 Å². The van der Waals surface area contributed by atoms with E-state index >= 15 is 0 Å². The molecule has 9 heteroatoms. The molecule has 2 rings (SSSR count). The molecule has 1 unspecified atom stereocenters. The van der Waals surface area contributed by atoms with Gasteiger partial charge in [-0.15, -0.1) is 23.7 Å². The molecule has 2 heterocycles. The van der Waals surface area contributed by atoms with Gasteiger partial charge in [0.15, 0.2) is 0 Å². The highest BCUT2D eigenvalue weighted by atomic mass is 35.5. The van der Waals surface area contributed by atoms with E-state index in [1.54, 1.807) is 6.07 Å². The Morgan fingerprint density at radius 3 is 2.54 bits per heavy atom. The highest BCUT2D eigenvalue weighted by Crippen LogP contribution is 2.28. The summed E-state index contributed by atoms with van der Waals surface area (Å²) in [5.41, 5.74) is 5.46. The number of thiophene rings is 1. The number of amides is 1. The standard InChI is InChI=1S/C17H29N3O3S2.ClH/c1-4-17(5-2,12-18)19-16(21)14-7-6-10-20(11-14)25(22,23)15-9-8-13(3)24-15;/h8-9,14H,4-7,10-12,18H2,1-3H3,(H,19,21);1H. The number of nitrogens with one attached hydrogen (secondary N) is 1. The van der Waals surface area contributed by atoms with Crippen molar-refractivity contribution in [1.82, 2.24) is 9.62 Å². The van der Waals surface area contributed by atoms with Gasteiger partial charge in [0.25, 0.3) is 10.0 Å². The summed E-state index contributed by atoms with van der Waals surface area (Å²) in [6.07, 6.45) is 2.91. The highest BCUT2D eigenvalue weighted by Gasteiger charge is 2.36. The lowest BCUT2D eigenvalue weighted by Crippen LogP contribution is -2.56. The summed E-state index contributed by atoms with van der Waals surface area (Å²) in [7, 11) is -3.52. The second kappa shape index (κ2) is 9.50. The first-order chi connectivity index (χ1) is 11.8. The van der Waals surface area contributed by atoms with Crippen molar-refractivity contribution in [3.05, 3.63) is 17.0 Å². The summed E-state index contributed by atoms with van der Waals surface area (Å²) in [5, 5.41) is 3.08. The molecule has 3 N–H and O–H groups in total. The molecule has 0 bridgehead atoms. The molecule has 1 aliphatic rings. The Morgan fingerprint density at radius 2 is 2.04 bits per heavy atom. The Hall–Kier alpha value is -0.670. The van der Waals surface area contributed by atoms with Crippen LogP contribution in [0.1, 0.15) is 44.4 Å². The summed E-state index contributed by atoms with van der Waals surface area (Å²) in [6.45, 7) is 6.99. The predicted octanol–water partition coefficient (Wildman–Crippen LogP) is 2.51. The molecule has 0 saturated carbocycles. The maximum absolute atomic E-state index is 12.8. The van der Waals surface area contributed by atoms with Gasteiger partial charge >= 0.3 is 0 Å². The summed E-state index contributed by atoms with van der Waals surface area (Å²) in [5.74, 6) is -0.412. The molecular formula is C17H30ClN3O3S2. The summed E-state index contributed by atoms with van der Waals surface area (Å²) in [6, 6.07) is 3.45. The fourth-order valence-corrected chi connectivity index (χ4v) is 6.14. The van der Waals surface area contributed by atoms with Gasteiger partial charge in [0.2, 0.25) is 5.91 Å². The van der Waals surface area contributed by atoms with Crippen LogP contribution < -0.4 is 11.1 Å². The quantitative estimate of drug-likeness (QED) is 0.704. The summed E-state index contributed by atoms with van der Waals surface area (Å²) < 4.78 is 27.4. The number of nitrogens with zero attached hydrogens (tertiary/aromatic N) is 1. The Balaban J connectivity index is 0.00000338. The second-order valence-corrected chi connectivity index (χ2v) is 10.2. The van der Waals surface area contributed by atoms with Gasteiger partial charge < -0.3 is 11.1 Å². The molecular weight excluding hydrogens is 394 g/mol. The number of carbonyl (C=O) groups excluding carboxylic acids is 1. The average Bonchev–Trinajstić information content (AvgIpc) is 3.07. The number of rotatable bonds is 7. The van der Waals surface area contributed by atoms with Crippen LogP contribution in [0.2, 0.25) is 0 Å². The van der Waals surface area contributed by atoms with E-state index in [9.17, 15) is 13.2 Å². The first kappa shape index (κ1) is 23.4. The lowest BCUT2D eigenvalue weighted by molar-refractivity contribution is -0.128. The van der Waals surface area contributed by atoms with Crippen LogP contribution in [0.4, 0.5) is 0 Å². The zero-order chi connectivity index (χ0) is 18.7. The number of sulfonamides is 1. The van der Waals surface area contributed by atoms with E-state index in [4.69, 9.17) is 5.73 Å². The highest BCUT2D eigenvalue weighted by molar-refractivity contribution is 7.91. The molecule has 1 aromatic heterocycles. The molecule has 1 saturated heterocycles. The third-order valence-corrected chi connectivity index (χ3v) is 8.53. The van der Waals surface area contributed by atoms with Crippen LogP contribution in [-0.4, -0.2) is 43.8 Å². The topological polar surface area (TPSA) is 92.5 Å². The molecule has 0 spiro atoms. The zero-order valence-corrected chi connectivity index (χ0v) is 18.1. The van der Waals surface area contributed by atoms with E-state index in [0.29, 0.717) is 30.1 Å². The number of halogens is 1. The molecule has 0 aliphatic carbocycles. The van der Waals surface area contributed by atoms with Gasteiger partial charge in [-0.25, -0.2) is 8.42 Å². The Bertz CT molecular complexity index is 694. The van der Waals surface area contributed by atoms with Crippen molar-refractivity contribution >= 4 is 39.7 Å². The van der Waals surface area contributed by atoms with Crippen molar-refractivity contribution in [3.63, 3.8) is 0 Å². The monoisotopic (exact) mass is 423 g/mol. The smallest absolute Gasteiger partial charge is 0.252 e. The van der Waals surface area contributed by atoms with Crippen molar-refractivity contribution in [2.45, 2.75) is 56.2 Å². The minimum Gasteiger partial charge on any atom is -0.349 e. The number of hydrogen-bond acceptors (Lipinski definition) is 5. The van der Waals surface area contributed by atoms with Crippen LogP contribution in [-0.2, 0) is 14.8 Å². The molecule has 1 aromatic rings. The maximum atomic E-state index is 12.8. The van der Waals surface area contributed by atoms with Crippen LogP contribution in [0.15, 0.2) is 16.3 Å². The number of nitrogens with two attached hydrogens (primary N) is 1. The van der Waals surface area contributed by atoms with E-state index < -0.39 is 15.6 Å². The van der Waals surface area contributed by atoms with Crippen LogP contribution in [0.5, 0.6) is 0 Å². The molecule has 0 aromatic carbocycles. The minimum atomic E-state index is -3.52. The third kappa shape index (κ3) is 4.98. The molecule has 0 radical (unpaired) electrons. The normalized spacial score (nSPS) is 19.0. The van der Waals surface area contributed by atoms with E-state index in [1.165, 1.54) is 15.6 Å². The van der Waals surface area contributed by atoms with Gasteiger partial charge in [0.05, 0.1) is 11.5 Å². The molecule has 150 valence electrons. The summed E-state index contributed by atoms with van der Waals surface area (Å²) >= 11 is 1.27. The first-order valence-electron chi connectivity index (χ1n) is 8.86. The minimum absolute atomic E-state index is 0. The molecule has 1 atom stereocenters. The fraction of sp³-hybridized carbons (Fsp3) is 0.706. The third-order valence-electron chi connectivity index (χ3n) is 5.20. The zero-order valence-electron chi connectivity index (χ0n) is 15.7. The van der Waals surface area contributed by atoms with Crippen LogP contribution in [0.25, 0.3) is 0 Å². The number of piperidine rings is 1. The Labute approximate surface area is 167 Å². The van der Waals surface area contributed by atoms with Gasteiger partial charge in [-0.3, -0.25) is 4.79 Å². The van der Waals surface area contributed by atoms with Gasteiger partial charge in [-0.2, -0.15) is 4.31 Å². The molecule has 1 fully saturated rings. The van der Waals surface area contributed by atoms with Crippen LogP contribution >= 0.6 is 23.7 Å². The van der Waals surface area contributed by atoms with Crippen molar-refractivity contribution < 1.29 is 13.2 Å². The Morgan fingerprint density at radius 1 is 1.38 bits per heavy atom. The number of aryl methyl sites for hydroxylation is 1. The van der Waals surface area contributed by atoms with E-state index in [0.717, 1.165) is 17.7 Å². The van der Waals surface area contributed by atoms with Gasteiger partial charge in [0, 0.05) is 24.5 Å². The van der Waals surface area contributed by atoms with Crippen LogP contribution in [0.3, 0.4) is 0 Å². The molecule has 26 heavy (non-hydrogen) atoms. The van der Waals surface area contributed by atoms with E-state index in [1.807, 2.05) is 26.8 Å². The van der Waals surface area contributed by atoms with Gasteiger partial charge in [0.1, 0.15) is 4.21 Å². The lowest BCUT2D eigenvalue weighted by Gasteiger charge is -2.36. The Kier molecular flexibility index (Phi) is 8.54. The van der Waals surface area contributed by atoms with Crippen molar-refractivity contribution in [2.75, 3.05) is 19.6 Å². The number of carbonyl (C=O) groups is 1. The molecule has 1 aliphatic heterocycles. The van der Waals surface area contributed by atoms with Gasteiger partial charge in [-0.05, 0) is 44.7 Å². The molecule has 6 nitrogen and oxygen atoms in total. The first-order valence-corrected chi connectivity index (χ1v) is 11.1. The van der Waals surface area contributed by atoms with E-state index in [-0.39, 0.29) is 30.8 Å². The van der Waals surface area contributed by atoms with Gasteiger partial charge in [-0.1, -0.05) is 13.8 Å². The largest absolute Gasteiger partial charge is 0.349 e. The molecule has 1 amide bonds. The SMILES string of the molecule is CCC(CC)(CN)NC(=O)C1CCCN(S(=O)(=O)c2ccc(C)s2)C1.Cl. The maximum Gasteiger partial charge on any atom is 0.252 e. The van der Waals surface area contributed by atoms with Crippen molar-refractivity contribution in [3.8, 4) is 0 Å². The second-order valence-electron chi connectivity index (χ2n) is 6.75. The van der Waals surface area contributed by atoms with E-state index in [2.05, 4.69) is 5.32 Å².